The van der Waals surface area contributed by atoms with Gasteiger partial charge in [-0.25, -0.2) is 0 Å². The number of nitrogens with two attached hydrogens (primary N) is 1. The van der Waals surface area contributed by atoms with Gasteiger partial charge in [-0.1, -0.05) is 5.16 Å². The molecule has 1 aliphatic rings. The fourth-order valence-electron chi connectivity index (χ4n) is 2.44. The number of ether oxygens (including phenoxy) is 1. The Morgan fingerprint density at radius 2 is 2.33 bits per heavy atom. The second-order valence-electron chi connectivity index (χ2n) is 4.55. The van der Waals surface area contributed by atoms with Crippen molar-refractivity contribution in [1.82, 2.24) is 0 Å². The highest BCUT2D eigenvalue weighted by Crippen LogP contribution is 2.31. The highest BCUT2D eigenvalue weighted by molar-refractivity contribution is 6.02. The summed E-state index contributed by atoms with van der Waals surface area (Å²) in [5.41, 5.74) is 7.44. The predicted octanol–water partition coefficient (Wildman–Crippen LogP) is 1.78. The smallest absolute Gasteiger partial charge is 0.172 e. The average molecular weight is 249 g/mol. The fraction of sp³-hybridized carbons (Fsp3) is 0.462. The lowest BCUT2D eigenvalue weighted by atomic mass is 10.1. The largest absolute Gasteiger partial charge is 0.497 e. The van der Waals surface area contributed by atoms with Gasteiger partial charge in [0.25, 0.3) is 0 Å². The minimum Gasteiger partial charge on any atom is -0.497 e. The van der Waals surface area contributed by atoms with Crippen LogP contribution in [-0.4, -0.2) is 30.7 Å². The van der Waals surface area contributed by atoms with Crippen LogP contribution < -0.4 is 15.4 Å². The average Bonchev–Trinajstić information content (AvgIpc) is 2.83. The van der Waals surface area contributed by atoms with Gasteiger partial charge >= 0.3 is 0 Å². The summed E-state index contributed by atoms with van der Waals surface area (Å²) in [5.74, 6) is 0.908. The van der Waals surface area contributed by atoms with Gasteiger partial charge in [-0.2, -0.15) is 0 Å². The third kappa shape index (κ3) is 2.20. The molecule has 18 heavy (non-hydrogen) atoms. The molecule has 1 aromatic carbocycles. The van der Waals surface area contributed by atoms with Crippen LogP contribution in [0, 0.1) is 0 Å². The Morgan fingerprint density at radius 3 is 2.89 bits per heavy atom. The zero-order valence-electron chi connectivity index (χ0n) is 10.8. The van der Waals surface area contributed by atoms with Gasteiger partial charge in [-0.15, -0.1) is 0 Å². The molecule has 3 N–H and O–H groups in total. The van der Waals surface area contributed by atoms with Crippen molar-refractivity contribution in [3.05, 3.63) is 23.8 Å². The summed E-state index contributed by atoms with van der Waals surface area (Å²) in [6.45, 7) is 3.17. The number of hydrogen-bond acceptors (Lipinski definition) is 4. The van der Waals surface area contributed by atoms with Crippen molar-refractivity contribution in [3.8, 4) is 5.75 Å². The molecule has 0 aromatic heterocycles. The van der Waals surface area contributed by atoms with E-state index in [1.54, 1.807) is 7.11 Å². The molecular weight excluding hydrogens is 230 g/mol. The molecule has 0 radical (unpaired) electrons. The second-order valence-corrected chi connectivity index (χ2v) is 4.55. The standard InChI is InChI=1S/C13H19N3O2/c1-9-4-3-7-16(9)12-8-10(18-2)5-6-11(12)13(14)15-17/h5-6,8-9,17H,3-4,7H2,1-2H3,(H2,14,15). The number of oxime groups is 1. The van der Waals surface area contributed by atoms with Crippen LogP contribution in [0.3, 0.4) is 0 Å². The van der Waals surface area contributed by atoms with Gasteiger partial charge in [0, 0.05) is 24.2 Å². The quantitative estimate of drug-likeness (QED) is 0.371. The van der Waals surface area contributed by atoms with E-state index in [0.29, 0.717) is 6.04 Å². The monoisotopic (exact) mass is 249 g/mol. The molecule has 0 amide bonds. The Labute approximate surface area is 107 Å². The van der Waals surface area contributed by atoms with Crippen molar-refractivity contribution in [3.63, 3.8) is 0 Å². The molecule has 0 aliphatic carbocycles. The van der Waals surface area contributed by atoms with E-state index in [4.69, 9.17) is 15.7 Å². The van der Waals surface area contributed by atoms with E-state index < -0.39 is 0 Å². The minimum atomic E-state index is 0.131. The predicted molar refractivity (Wildman–Crippen MR) is 71.5 cm³/mol. The Kier molecular flexibility index (Phi) is 3.60. The van der Waals surface area contributed by atoms with Gasteiger partial charge in [0.05, 0.1) is 12.8 Å². The molecule has 5 heteroatoms. The van der Waals surface area contributed by atoms with Crippen molar-refractivity contribution in [1.29, 1.82) is 0 Å². The maximum atomic E-state index is 8.86. The van der Waals surface area contributed by atoms with Crippen molar-refractivity contribution < 1.29 is 9.94 Å². The van der Waals surface area contributed by atoms with Gasteiger partial charge in [-0.05, 0) is 31.9 Å². The van der Waals surface area contributed by atoms with Crippen LogP contribution in [0.1, 0.15) is 25.3 Å². The Balaban J connectivity index is 2.47. The van der Waals surface area contributed by atoms with E-state index in [1.165, 1.54) is 0 Å². The van der Waals surface area contributed by atoms with Crippen molar-refractivity contribution >= 4 is 11.5 Å². The lowest BCUT2D eigenvalue weighted by Crippen LogP contribution is -2.29. The first-order chi connectivity index (χ1) is 8.67. The molecule has 1 heterocycles. The molecule has 1 unspecified atom stereocenters. The SMILES string of the molecule is COc1ccc(/C(N)=N/O)c(N2CCCC2C)c1. The van der Waals surface area contributed by atoms with E-state index in [2.05, 4.69) is 17.0 Å². The van der Waals surface area contributed by atoms with Crippen molar-refractivity contribution in [2.24, 2.45) is 10.9 Å². The maximum absolute atomic E-state index is 8.86. The lowest BCUT2D eigenvalue weighted by Gasteiger charge is -2.26. The molecule has 98 valence electrons. The van der Waals surface area contributed by atoms with Gasteiger partial charge in [0.15, 0.2) is 5.84 Å². The summed E-state index contributed by atoms with van der Waals surface area (Å²) in [6, 6.07) is 6.04. The summed E-state index contributed by atoms with van der Waals surface area (Å²) < 4.78 is 5.25. The molecule has 1 aromatic rings. The summed E-state index contributed by atoms with van der Waals surface area (Å²) in [5, 5.41) is 12.0. The molecule has 5 nitrogen and oxygen atoms in total. The highest BCUT2D eigenvalue weighted by Gasteiger charge is 2.24. The molecule has 0 spiro atoms. The molecule has 1 fully saturated rings. The van der Waals surface area contributed by atoms with E-state index >= 15 is 0 Å². The minimum absolute atomic E-state index is 0.131. The van der Waals surface area contributed by atoms with Crippen molar-refractivity contribution in [2.45, 2.75) is 25.8 Å². The summed E-state index contributed by atoms with van der Waals surface area (Å²) in [4.78, 5) is 2.27. The lowest BCUT2D eigenvalue weighted by molar-refractivity contribution is 0.318. The molecule has 0 saturated carbocycles. The molecule has 1 aliphatic heterocycles. The number of hydrogen-bond donors (Lipinski definition) is 2. The maximum Gasteiger partial charge on any atom is 0.172 e. The number of rotatable bonds is 3. The zero-order valence-corrected chi connectivity index (χ0v) is 10.8. The number of amidine groups is 1. The highest BCUT2D eigenvalue weighted by atomic mass is 16.5. The summed E-state index contributed by atoms with van der Waals surface area (Å²) in [6.07, 6.45) is 2.32. The van der Waals surface area contributed by atoms with Gasteiger partial charge in [-0.3, -0.25) is 0 Å². The Morgan fingerprint density at radius 1 is 1.56 bits per heavy atom. The van der Waals surface area contributed by atoms with Gasteiger partial charge in [0.2, 0.25) is 0 Å². The second kappa shape index (κ2) is 5.16. The van der Waals surface area contributed by atoms with Crippen LogP contribution in [0.25, 0.3) is 0 Å². The van der Waals surface area contributed by atoms with Gasteiger partial charge in [0.1, 0.15) is 5.75 Å². The Bertz CT molecular complexity index is 460. The van der Waals surface area contributed by atoms with Crippen LogP contribution in [0.4, 0.5) is 5.69 Å². The normalized spacial score (nSPS) is 20.2. The molecule has 1 atom stereocenters. The van der Waals surface area contributed by atoms with Gasteiger partial charge < -0.3 is 20.6 Å². The fourth-order valence-corrected chi connectivity index (χ4v) is 2.44. The summed E-state index contributed by atoms with van der Waals surface area (Å²) >= 11 is 0. The third-order valence-corrected chi connectivity index (χ3v) is 3.45. The van der Waals surface area contributed by atoms with E-state index in [0.717, 1.165) is 36.4 Å². The molecule has 1 saturated heterocycles. The number of benzene rings is 1. The van der Waals surface area contributed by atoms with E-state index in [-0.39, 0.29) is 5.84 Å². The van der Waals surface area contributed by atoms with Crippen LogP contribution in [-0.2, 0) is 0 Å². The number of nitrogens with zero attached hydrogens (tertiary/aromatic N) is 2. The summed E-state index contributed by atoms with van der Waals surface area (Å²) in [7, 11) is 1.63. The third-order valence-electron chi connectivity index (χ3n) is 3.45. The van der Waals surface area contributed by atoms with Crippen LogP contribution in [0.5, 0.6) is 5.75 Å². The number of anilines is 1. The first kappa shape index (κ1) is 12.5. The van der Waals surface area contributed by atoms with Crippen LogP contribution in [0.2, 0.25) is 0 Å². The first-order valence-corrected chi connectivity index (χ1v) is 6.10. The number of methoxy groups -OCH3 is 1. The van der Waals surface area contributed by atoms with Crippen LogP contribution >= 0.6 is 0 Å². The molecule has 0 bridgehead atoms. The van der Waals surface area contributed by atoms with Crippen molar-refractivity contribution in [2.75, 3.05) is 18.6 Å². The first-order valence-electron chi connectivity index (χ1n) is 6.10. The van der Waals surface area contributed by atoms with Crippen LogP contribution in [0.15, 0.2) is 23.4 Å². The van der Waals surface area contributed by atoms with E-state index in [1.807, 2.05) is 18.2 Å². The zero-order chi connectivity index (χ0) is 13.1. The Hall–Kier alpha value is -1.91. The molecular formula is C13H19N3O2. The molecule has 2 rings (SSSR count). The topological polar surface area (TPSA) is 71.1 Å². The van der Waals surface area contributed by atoms with E-state index in [9.17, 15) is 0 Å².